The molecule has 0 aliphatic carbocycles. The maximum Gasteiger partial charge on any atom is 0.471 e. The Balaban J connectivity index is 2.14. The van der Waals surface area contributed by atoms with E-state index in [9.17, 15) is 18.0 Å². The predicted molar refractivity (Wildman–Crippen MR) is 43.7 cm³/mol. The van der Waals surface area contributed by atoms with Crippen molar-refractivity contribution in [3.05, 3.63) is 18.2 Å². The van der Waals surface area contributed by atoms with Gasteiger partial charge >= 0.3 is 12.1 Å². The third-order valence-electron chi connectivity index (χ3n) is 2.27. The highest BCUT2D eigenvalue weighted by Gasteiger charge is 2.43. The van der Waals surface area contributed by atoms with Crippen molar-refractivity contribution in [2.75, 3.05) is 6.54 Å². The molecular weight excluding hydrogens is 211 g/mol. The van der Waals surface area contributed by atoms with Crippen molar-refractivity contribution in [2.45, 2.75) is 19.3 Å². The molecular formula is C8H8F3N3O. The third-order valence-corrected chi connectivity index (χ3v) is 2.27. The van der Waals surface area contributed by atoms with Gasteiger partial charge in [0.25, 0.3) is 0 Å². The minimum atomic E-state index is -4.80. The molecule has 1 aliphatic rings. The van der Waals surface area contributed by atoms with Crippen LogP contribution < -0.4 is 0 Å². The molecule has 0 saturated heterocycles. The summed E-state index contributed by atoms with van der Waals surface area (Å²) >= 11 is 0. The third kappa shape index (κ3) is 1.81. The van der Waals surface area contributed by atoms with Gasteiger partial charge in [-0.1, -0.05) is 0 Å². The highest BCUT2D eigenvalue weighted by molar-refractivity contribution is 5.81. The maximum atomic E-state index is 12.1. The van der Waals surface area contributed by atoms with E-state index in [0.717, 1.165) is 4.90 Å². The Morgan fingerprint density at radius 2 is 2.13 bits per heavy atom. The van der Waals surface area contributed by atoms with E-state index in [-0.39, 0.29) is 13.1 Å². The lowest BCUT2D eigenvalue weighted by Gasteiger charge is -2.28. The Hall–Kier alpha value is -1.53. The number of carbonyl (C=O) groups excluding carboxylic acids is 1. The van der Waals surface area contributed by atoms with Crippen LogP contribution in [0.3, 0.4) is 0 Å². The molecule has 4 nitrogen and oxygen atoms in total. The smallest absolute Gasteiger partial charge is 0.332 e. The molecule has 0 saturated carbocycles. The van der Waals surface area contributed by atoms with Crippen molar-refractivity contribution in [2.24, 2.45) is 0 Å². The molecule has 2 rings (SSSR count). The maximum absolute atomic E-state index is 12.1. The fourth-order valence-electron chi connectivity index (χ4n) is 1.53. The van der Waals surface area contributed by atoms with E-state index in [1.165, 1.54) is 6.20 Å². The van der Waals surface area contributed by atoms with Crippen LogP contribution in [0.5, 0.6) is 0 Å². The van der Waals surface area contributed by atoms with E-state index in [2.05, 4.69) is 4.98 Å². The predicted octanol–water partition coefficient (Wildman–Crippen LogP) is 0.788. The van der Waals surface area contributed by atoms with Crippen molar-refractivity contribution >= 4 is 5.91 Å². The first kappa shape index (κ1) is 10.0. The topological polar surface area (TPSA) is 38.1 Å². The molecule has 1 amide bonds. The van der Waals surface area contributed by atoms with Crippen molar-refractivity contribution in [1.29, 1.82) is 0 Å². The quantitative estimate of drug-likeness (QED) is 0.647. The molecule has 0 atom stereocenters. The fourth-order valence-corrected chi connectivity index (χ4v) is 1.53. The standard InChI is InChI=1S/C8H8F3N3O/c9-8(10,11)7(15)14-4-3-13-2-1-12-6(13)5-14/h1-2H,3-5H2. The highest BCUT2D eigenvalue weighted by Crippen LogP contribution is 2.21. The van der Waals surface area contributed by atoms with Crippen LogP contribution in [0.4, 0.5) is 13.2 Å². The van der Waals surface area contributed by atoms with Gasteiger partial charge in [0.2, 0.25) is 0 Å². The molecule has 0 N–H and O–H groups in total. The Bertz CT molecular complexity index is 385. The van der Waals surface area contributed by atoms with Crippen LogP contribution >= 0.6 is 0 Å². The molecule has 0 aromatic carbocycles. The first-order valence-electron chi connectivity index (χ1n) is 4.34. The minimum absolute atomic E-state index is 0.0711. The molecule has 0 radical (unpaired) electrons. The molecule has 15 heavy (non-hydrogen) atoms. The Morgan fingerprint density at radius 1 is 1.40 bits per heavy atom. The number of hydrogen-bond donors (Lipinski definition) is 0. The normalized spacial score (nSPS) is 16.3. The van der Waals surface area contributed by atoms with E-state index in [0.29, 0.717) is 12.4 Å². The molecule has 1 aromatic rings. The molecule has 1 aromatic heterocycles. The van der Waals surface area contributed by atoms with Crippen LogP contribution in [0.2, 0.25) is 0 Å². The molecule has 0 spiro atoms. The Kier molecular flexibility index (Phi) is 2.17. The first-order chi connectivity index (χ1) is 6.98. The number of fused-ring (bicyclic) bond motifs is 1. The van der Waals surface area contributed by atoms with Gasteiger partial charge in [-0.05, 0) is 0 Å². The number of rotatable bonds is 0. The number of alkyl halides is 3. The molecule has 0 unspecified atom stereocenters. The van der Waals surface area contributed by atoms with E-state index in [1.807, 2.05) is 0 Å². The van der Waals surface area contributed by atoms with Crippen LogP contribution in [-0.2, 0) is 17.9 Å². The van der Waals surface area contributed by atoms with Crippen LogP contribution in [0.15, 0.2) is 12.4 Å². The lowest BCUT2D eigenvalue weighted by atomic mass is 10.3. The summed E-state index contributed by atoms with van der Waals surface area (Å²) in [6, 6.07) is 0. The zero-order chi connectivity index (χ0) is 11.1. The molecule has 1 aliphatic heterocycles. The summed E-state index contributed by atoms with van der Waals surface area (Å²) in [7, 11) is 0. The van der Waals surface area contributed by atoms with Gasteiger partial charge in [-0.2, -0.15) is 13.2 Å². The summed E-state index contributed by atoms with van der Waals surface area (Å²) in [4.78, 5) is 15.6. The van der Waals surface area contributed by atoms with Crippen LogP contribution in [0.25, 0.3) is 0 Å². The van der Waals surface area contributed by atoms with Gasteiger partial charge in [-0.3, -0.25) is 4.79 Å². The van der Waals surface area contributed by atoms with Crippen molar-refractivity contribution in [1.82, 2.24) is 14.5 Å². The average molecular weight is 219 g/mol. The SMILES string of the molecule is O=C(N1CCn2ccnc2C1)C(F)(F)F. The van der Waals surface area contributed by atoms with Crippen LogP contribution in [0, 0.1) is 0 Å². The number of nitrogens with zero attached hydrogens (tertiary/aromatic N) is 3. The van der Waals surface area contributed by atoms with E-state index in [1.54, 1.807) is 10.8 Å². The fraction of sp³-hybridized carbons (Fsp3) is 0.500. The Labute approximate surface area is 83.3 Å². The summed E-state index contributed by atoms with van der Waals surface area (Å²) in [5.41, 5.74) is 0. The molecule has 0 fully saturated rings. The van der Waals surface area contributed by atoms with Crippen LogP contribution in [0.1, 0.15) is 5.82 Å². The summed E-state index contributed by atoms with van der Waals surface area (Å²) < 4.78 is 38.1. The largest absolute Gasteiger partial charge is 0.471 e. The van der Waals surface area contributed by atoms with Gasteiger partial charge in [0.05, 0.1) is 6.54 Å². The van der Waals surface area contributed by atoms with E-state index < -0.39 is 12.1 Å². The van der Waals surface area contributed by atoms with Crippen molar-refractivity contribution < 1.29 is 18.0 Å². The molecule has 0 bridgehead atoms. The summed E-state index contributed by atoms with van der Waals surface area (Å²) in [6.45, 7) is 0.351. The second-order valence-electron chi connectivity index (χ2n) is 3.26. The van der Waals surface area contributed by atoms with Gasteiger partial charge < -0.3 is 9.47 Å². The van der Waals surface area contributed by atoms with Crippen molar-refractivity contribution in [3.63, 3.8) is 0 Å². The van der Waals surface area contributed by atoms with Gasteiger partial charge in [0.15, 0.2) is 0 Å². The lowest BCUT2D eigenvalue weighted by molar-refractivity contribution is -0.187. The molecule has 2 heterocycles. The van der Waals surface area contributed by atoms with E-state index in [4.69, 9.17) is 0 Å². The Morgan fingerprint density at radius 3 is 2.80 bits per heavy atom. The zero-order valence-corrected chi connectivity index (χ0v) is 7.66. The van der Waals surface area contributed by atoms with Gasteiger partial charge in [0, 0.05) is 25.5 Å². The zero-order valence-electron chi connectivity index (χ0n) is 7.66. The lowest BCUT2D eigenvalue weighted by Crippen LogP contribution is -2.45. The summed E-state index contributed by atoms with van der Waals surface area (Å²) in [5, 5.41) is 0. The average Bonchev–Trinajstić information content (AvgIpc) is 2.61. The van der Waals surface area contributed by atoms with Gasteiger partial charge in [-0.15, -0.1) is 0 Å². The number of carbonyl (C=O) groups is 1. The number of aromatic nitrogens is 2. The highest BCUT2D eigenvalue weighted by atomic mass is 19.4. The second-order valence-corrected chi connectivity index (χ2v) is 3.26. The number of halogens is 3. The number of amides is 1. The minimum Gasteiger partial charge on any atom is -0.332 e. The second kappa shape index (κ2) is 3.25. The van der Waals surface area contributed by atoms with Gasteiger partial charge in [0.1, 0.15) is 5.82 Å². The molecule has 82 valence electrons. The summed E-state index contributed by atoms with van der Waals surface area (Å²) in [5.74, 6) is -1.31. The summed E-state index contributed by atoms with van der Waals surface area (Å²) in [6.07, 6.45) is -1.60. The first-order valence-corrected chi connectivity index (χ1v) is 4.34. The monoisotopic (exact) mass is 219 g/mol. The number of imidazole rings is 1. The van der Waals surface area contributed by atoms with Crippen molar-refractivity contribution in [3.8, 4) is 0 Å². The van der Waals surface area contributed by atoms with Crippen LogP contribution in [-0.4, -0.2) is 33.1 Å². The van der Waals surface area contributed by atoms with E-state index >= 15 is 0 Å². The number of hydrogen-bond acceptors (Lipinski definition) is 2. The molecule has 7 heteroatoms. The van der Waals surface area contributed by atoms with Gasteiger partial charge in [-0.25, -0.2) is 4.98 Å².